The van der Waals surface area contributed by atoms with Crippen molar-refractivity contribution in [1.29, 1.82) is 0 Å². The fourth-order valence-electron chi connectivity index (χ4n) is 1.83. The van der Waals surface area contributed by atoms with E-state index in [-0.39, 0.29) is 5.82 Å². The van der Waals surface area contributed by atoms with Crippen LogP contribution >= 0.6 is 11.6 Å². The Labute approximate surface area is 129 Å². The molecule has 0 fully saturated rings. The number of pyridine rings is 1. The molecule has 0 aliphatic heterocycles. The van der Waals surface area contributed by atoms with Crippen LogP contribution in [0, 0.1) is 12.7 Å². The molecule has 0 unspecified atom stereocenters. The van der Waals surface area contributed by atoms with Gasteiger partial charge in [-0.05, 0) is 36.8 Å². The van der Waals surface area contributed by atoms with Crippen LogP contribution in [-0.4, -0.2) is 11.0 Å². The van der Waals surface area contributed by atoms with E-state index in [0.717, 1.165) is 11.8 Å². The first-order valence-electron chi connectivity index (χ1n) is 6.77. The standard InChI is InChI=1S/C16H18ClFN2O/c1-10(2)19-8-12-7-14(18)9-20-16(12)21-15-5-4-13(17)6-11(15)3/h4-7,9-10,19H,8H2,1-3H3. The SMILES string of the molecule is Cc1cc(Cl)ccc1Oc1ncc(F)cc1CNC(C)C. The molecule has 0 atom stereocenters. The maximum atomic E-state index is 13.4. The molecule has 3 nitrogen and oxygen atoms in total. The van der Waals surface area contributed by atoms with Gasteiger partial charge in [0.1, 0.15) is 11.6 Å². The zero-order chi connectivity index (χ0) is 15.4. The molecule has 0 aliphatic carbocycles. The molecular formula is C16H18ClFN2O. The summed E-state index contributed by atoms with van der Waals surface area (Å²) in [5.74, 6) is 0.676. The fourth-order valence-corrected chi connectivity index (χ4v) is 2.06. The molecule has 21 heavy (non-hydrogen) atoms. The smallest absolute Gasteiger partial charge is 0.223 e. The average Bonchev–Trinajstić information content (AvgIpc) is 2.41. The summed E-state index contributed by atoms with van der Waals surface area (Å²) in [4.78, 5) is 4.04. The van der Waals surface area contributed by atoms with Crippen LogP contribution in [0.2, 0.25) is 5.02 Å². The van der Waals surface area contributed by atoms with Crippen LogP contribution < -0.4 is 10.1 Å². The minimum absolute atomic E-state index is 0.290. The van der Waals surface area contributed by atoms with Crippen molar-refractivity contribution in [3.8, 4) is 11.6 Å². The van der Waals surface area contributed by atoms with Crippen molar-refractivity contribution in [2.45, 2.75) is 33.4 Å². The number of hydrogen-bond donors (Lipinski definition) is 1. The molecule has 1 aromatic carbocycles. The molecule has 0 bridgehead atoms. The maximum Gasteiger partial charge on any atom is 0.223 e. The minimum Gasteiger partial charge on any atom is -0.438 e. The molecule has 1 aromatic heterocycles. The first kappa shape index (κ1) is 15.7. The zero-order valence-electron chi connectivity index (χ0n) is 12.3. The summed E-state index contributed by atoms with van der Waals surface area (Å²) in [5, 5.41) is 3.88. The molecule has 0 amide bonds. The Balaban J connectivity index is 2.26. The number of rotatable bonds is 5. The van der Waals surface area contributed by atoms with Crippen molar-refractivity contribution >= 4 is 11.6 Å². The Bertz CT molecular complexity index is 632. The van der Waals surface area contributed by atoms with E-state index in [1.807, 2.05) is 26.8 Å². The zero-order valence-corrected chi connectivity index (χ0v) is 13.0. The summed E-state index contributed by atoms with van der Waals surface area (Å²) in [5.41, 5.74) is 1.58. The first-order chi connectivity index (χ1) is 9.95. The lowest BCUT2D eigenvalue weighted by Crippen LogP contribution is -2.22. The molecule has 1 N–H and O–H groups in total. The second-order valence-corrected chi connectivity index (χ2v) is 5.60. The number of nitrogens with zero attached hydrogens (tertiary/aromatic N) is 1. The molecule has 0 aliphatic rings. The summed E-state index contributed by atoms with van der Waals surface area (Å²) in [6.07, 6.45) is 1.15. The lowest BCUT2D eigenvalue weighted by molar-refractivity contribution is 0.443. The third kappa shape index (κ3) is 4.41. The molecule has 0 radical (unpaired) electrons. The van der Waals surface area contributed by atoms with Gasteiger partial charge < -0.3 is 10.1 Å². The van der Waals surface area contributed by atoms with Gasteiger partial charge in [0.25, 0.3) is 0 Å². The molecular weight excluding hydrogens is 291 g/mol. The van der Waals surface area contributed by atoms with Crippen LogP contribution in [0.25, 0.3) is 0 Å². The van der Waals surface area contributed by atoms with Crippen LogP contribution in [0.3, 0.4) is 0 Å². The van der Waals surface area contributed by atoms with Gasteiger partial charge >= 0.3 is 0 Å². The molecule has 2 aromatic rings. The number of halogens is 2. The first-order valence-corrected chi connectivity index (χ1v) is 7.15. The van der Waals surface area contributed by atoms with Gasteiger partial charge in [-0.2, -0.15) is 0 Å². The highest BCUT2D eigenvalue weighted by atomic mass is 35.5. The highest BCUT2D eigenvalue weighted by Gasteiger charge is 2.10. The van der Waals surface area contributed by atoms with Crippen molar-refractivity contribution in [1.82, 2.24) is 10.3 Å². The van der Waals surface area contributed by atoms with Gasteiger partial charge in [0, 0.05) is 23.2 Å². The molecule has 0 spiro atoms. The van der Waals surface area contributed by atoms with Crippen molar-refractivity contribution in [2.75, 3.05) is 0 Å². The van der Waals surface area contributed by atoms with Crippen molar-refractivity contribution < 1.29 is 9.13 Å². The highest BCUT2D eigenvalue weighted by molar-refractivity contribution is 6.30. The largest absolute Gasteiger partial charge is 0.438 e. The lowest BCUT2D eigenvalue weighted by Gasteiger charge is -2.14. The number of benzene rings is 1. The van der Waals surface area contributed by atoms with Crippen LogP contribution in [0.4, 0.5) is 4.39 Å². The summed E-state index contributed by atoms with van der Waals surface area (Å²) >= 11 is 5.93. The molecule has 5 heteroatoms. The minimum atomic E-state index is -0.379. The van der Waals surface area contributed by atoms with Crippen LogP contribution in [0.15, 0.2) is 30.5 Å². The van der Waals surface area contributed by atoms with Crippen LogP contribution in [-0.2, 0) is 6.54 Å². The van der Waals surface area contributed by atoms with Crippen molar-refractivity contribution in [3.05, 3.63) is 52.4 Å². The van der Waals surface area contributed by atoms with Gasteiger partial charge in [-0.15, -0.1) is 0 Å². The lowest BCUT2D eigenvalue weighted by atomic mass is 10.2. The van der Waals surface area contributed by atoms with Crippen LogP contribution in [0.1, 0.15) is 25.0 Å². The number of nitrogens with one attached hydrogen (secondary N) is 1. The predicted molar refractivity (Wildman–Crippen MR) is 82.4 cm³/mol. The van der Waals surface area contributed by atoms with E-state index >= 15 is 0 Å². The topological polar surface area (TPSA) is 34.1 Å². The summed E-state index contributed by atoms with van der Waals surface area (Å²) in [6.45, 7) is 6.44. The van der Waals surface area contributed by atoms with Gasteiger partial charge in [0.2, 0.25) is 5.88 Å². The molecule has 1 heterocycles. The maximum absolute atomic E-state index is 13.4. The third-order valence-electron chi connectivity index (χ3n) is 2.94. The third-order valence-corrected chi connectivity index (χ3v) is 3.17. The van der Waals surface area contributed by atoms with E-state index in [1.54, 1.807) is 12.1 Å². The predicted octanol–water partition coefficient (Wildman–Crippen LogP) is 4.47. The van der Waals surface area contributed by atoms with Crippen LogP contribution in [0.5, 0.6) is 11.6 Å². The van der Waals surface area contributed by atoms with Gasteiger partial charge in [-0.1, -0.05) is 25.4 Å². The van der Waals surface area contributed by atoms with Crippen molar-refractivity contribution in [2.24, 2.45) is 0 Å². The van der Waals surface area contributed by atoms with Gasteiger partial charge in [-0.3, -0.25) is 0 Å². The van der Waals surface area contributed by atoms with E-state index in [4.69, 9.17) is 16.3 Å². The van der Waals surface area contributed by atoms with Gasteiger partial charge in [-0.25, -0.2) is 9.37 Å². The Morgan fingerprint density at radius 3 is 2.76 bits per heavy atom. The monoisotopic (exact) mass is 308 g/mol. The van der Waals surface area contributed by atoms with E-state index in [0.29, 0.717) is 34.8 Å². The van der Waals surface area contributed by atoms with Crippen molar-refractivity contribution in [3.63, 3.8) is 0 Å². The number of ether oxygens (including phenoxy) is 1. The number of hydrogen-bond acceptors (Lipinski definition) is 3. The normalized spacial score (nSPS) is 11.0. The quantitative estimate of drug-likeness (QED) is 0.884. The Morgan fingerprint density at radius 1 is 1.33 bits per heavy atom. The summed E-state index contributed by atoms with van der Waals surface area (Å²) in [7, 11) is 0. The number of aromatic nitrogens is 1. The second-order valence-electron chi connectivity index (χ2n) is 5.17. The van der Waals surface area contributed by atoms with Gasteiger partial charge in [0.05, 0.1) is 6.20 Å². The molecule has 112 valence electrons. The number of aryl methyl sites for hydroxylation is 1. The molecule has 0 saturated carbocycles. The van der Waals surface area contributed by atoms with E-state index in [1.165, 1.54) is 6.07 Å². The Morgan fingerprint density at radius 2 is 2.10 bits per heavy atom. The summed E-state index contributed by atoms with van der Waals surface area (Å²) < 4.78 is 19.2. The van der Waals surface area contributed by atoms with E-state index < -0.39 is 0 Å². The van der Waals surface area contributed by atoms with E-state index in [2.05, 4.69) is 10.3 Å². The molecule has 2 rings (SSSR count). The van der Waals surface area contributed by atoms with Gasteiger partial charge in [0.15, 0.2) is 0 Å². The highest BCUT2D eigenvalue weighted by Crippen LogP contribution is 2.28. The Kier molecular flexibility index (Phi) is 5.15. The Hall–Kier alpha value is -1.65. The average molecular weight is 309 g/mol. The van der Waals surface area contributed by atoms with E-state index in [9.17, 15) is 4.39 Å². The summed E-state index contributed by atoms with van der Waals surface area (Å²) in [6, 6.07) is 7.07. The second kappa shape index (κ2) is 6.87. The molecule has 0 saturated heterocycles. The fraction of sp³-hybridized carbons (Fsp3) is 0.312.